The molecule has 1 saturated carbocycles. The molecule has 2 aliphatic rings. The molecule has 0 aromatic heterocycles. The fourth-order valence-electron chi connectivity index (χ4n) is 6.13. The molecule has 2 atom stereocenters. The monoisotopic (exact) mass is 298 g/mol. The molecule has 1 heteroatoms. The van der Waals surface area contributed by atoms with E-state index >= 15 is 0 Å². The Morgan fingerprint density at radius 2 is 1.40 bits per heavy atom. The second-order valence-electron chi connectivity index (χ2n) is 8.16. The van der Waals surface area contributed by atoms with Crippen molar-refractivity contribution in [3.05, 3.63) is 0 Å². The predicted octanol–water partition coefficient (Wildman–Crippen LogP) is 6.51. The standard InChI is InChI=1S/C19H39P/c1-4-15-20(5-2,16-11-6-7-12-17-20)19-14-10-8-9-13-18(19)3/h18-19H,4-17H2,1-3H3. The summed E-state index contributed by atoms with van der Waals surface area (Å²) in [5.74, 6) is 1.03. The average molecular weight is 298 g/mol. The van der Waals surface area contributed by atoms with Crippen molar-refractivity contribution in [3.63, 3.8) is 0 Å². The molecular formula is C19H39P. The van der Waals surface area contributed by atoms with Gasteiger partial charge in [0.1, 0.15) is 0 Å². The minimum absolute atomic E-state index is 1.03. The van der Waals surface area contributed by atoms with Crippen molar-refractivity contribution in [1.82, 2.24) is 0 Å². The van der Waals surface area contributed by atoms with Crippen LogP contribution in [0.3, 0.4) is 0 Å². The fourth-order valence-corrected chi connectivity index (χ4v) is 15.1. The first kappa shape index (κ1) is 16.8. The van der Waals surface area contributed by atoms with Crippen LogP contribution in [0.15, 0.2) is 0 Å². The van der Waals surface area contributed by atoms with Gasteiger partial charge in [0.25, 0.3) is 0 Å². The molecule has 0 radical (unpaired) electrons. The molecule has 1 aliphatic heterocycles. The Bertz CT molecular complexity index is 288. The van der Waals surface area contributed by atoms with Crippen molar-refractivity contribution >= 4 is 6.60 Å². The van der Waals surface area contributed by atoms with Crippen molar-refractivity contribution < 1.29 is 0 Å². The summed E-state index contributed by atoms with van der Waals surface area (Å²) in [4.78, 5) is 0. The van der Waals surface area contributed by atoms with Crippen LogP contribution in [-0.4, -0.2) is 30.3 Å². The topological polar surface area (TPSA) is 0 Å². The normalized spacial score (nSPS) is 36.2. The van der Waals surface area contributed by atoms with Crippen LogP contribution in [0.4, 0.5) is 0 Å². The molecule has 1 saturated heterocycles. The van der Waals surface area contributed by atoms with Crippen LogP contribution < -0.4 is 0 Å². The van der Waals surface area contributed by atoms with E-state index in [1.165, 1.54) is 44.9 Å². The molecule has 1 aliphatic carbocycles. The van der Waals surface area contributed by atoms with E-state index in [0.717, 1.165) is 11.6 Å². The maximum atomic E-state index is 2.63. The van der Waals surface area contributed by atoms with Crippen LogP contribution >= 0.6 is 6.60 Å². The molecule has 0 amide bonds. The summed E-state index contributed by atoms with van der Waals surface area (Å²) in [7, 11) is 0. The molecule has 2 rings (SSSR count). The van der Waals surface area contributed by atoms with E-state index in [-0.39, 0.29) is 0 Å². The van der Waals surface area contributed by atoms with Crippen molar-refractivity contribution in [2.45, 2.75) is 90.6 Å². The Balaban J connectivity index is 2.36. The maximum absolute atomic E-state index is 2.63. The molecule has 0 spiro atoms. The van der Waals surface area contributed by atoms with Crippen molar-refractivity contribution in [2.24, 2.45) is 5.92 Å². The van der Waals surface area contributed by atoms with E-state index in [2.05, 4.69) is 20.8 Å². The van der Waals surface area contributed by atoms with Crippen molar-refractivity contribution in [1.29, 1.82) is 0 Å². The van der Waals surface area contributed by atoms with E-state index in [4.69, 9.17) is 0 Å². The van der Waals surface area contributed by atoms with E-state index < -0.39 is 6.60 Å². The second-order valence-corrected chi connectivity index (χ2v) is 14.9. The minimum atomic E-state index is -1.44. The van der Waals surface area contributed by atoms with Crippen LogP contribution in [0, 0.1) is 5.92 Å². The van der Waals surface area contributed by atoms with E-state index in [0.29, 0.717) is 0 Å². The van der Waals surface area contributed by atoms with Gasteiger partial charge in [0.05, 0.1) is 0 Å². The molecule has 20 heavy (non-hydrogen) atoms. The summed E-state index contributed by atoms with van der Waals surface area (Å²) < 4.78 is 0. The quantitative estimate of drug-likeness (QED) is 0.410. The molecule has 2 unspecified atom stereocenters. The van der Waals surface area contributed by atoms with Gasteiger partial charge in [-0.25, -0.2) is 0 Å². The van der Waals surface area contributed by atoms with Gasteiger partial charge in [-0.2, -0.15) is 0 Å². The van der Waals surface area contributed by atoms with Gasteiger partial charge < -0.3 is 0 Å². The number of hydrogen-bond acceptors (Lipinski definition) is 0. The molecule has 0 N–H and O–H groups in total. The van der Waals surface area contributed by atoms with Gasteiger partial charge in [0.2, 0.25) is 0 Å². The third-order valence-corrected chi connectivity index (χ3v) is 16.3. The summed E-state index contributed by atoms with van der Waals surface area (Å²) >= 11 is 0. The summed E-state index contributed by atoms with van der Waals surface area (Å²) in [6.45, 7) is 6.25. The van der Waals surface area contributed by atoms with Crippen molar-refractivity contribution in [2.75, 3.05) is 24.6 Å². The zero-order valence-corrected chi connectivity index (χ0v) is 15.4. The van der Waals surface area contributed by atoms with Gasteiger partial charge in [-0.05, 0) is 0 Å². The van der Waals surface area contributed by atoms with E-state index in [1.807, 2.05) is 0 Å². The van der Waals surface area contributed by atoms with E-state index in [9.17, 15) is 0 Å². The zero-order chi connectivity index (χ0) is 14.5. The molecule has 1 heterocycles. The Hall–Kier alpha value is 0.430. The van der Waals surface area contributed by atoms with Crippen LogP contribution in [-0.2, 0) is 0 Å². The molecule has 120 valence electrons. The Labute approximate surface area is 128 Å². The summed E-state index contributed by atoms with van der Waals surface area (Å²) in [5, 5.41) is 0. The van der Waals surface area contributed by atoms with Crippen LogP contribution in [0.2, 0.25) is 0 Å². The number of rotatable bonds is 4. The first-order valence-corrected chi connectivity index (χ1v) is 12.7. The second kappa shape index (κ2) is 7.13. The summed E-state index contributed by atoms with van der Waals surface area (Å²) in [6.07, 6.45) is 21.9. The Morgan fingerprint density at radius 1 is 0.800 bits per heavy atom. The van der Waals surface area contributed by atoms with Gasteiger partial charge in [0, 0.05) is 0 Å². The first-order valence-electron chi connectivity index (χ1n) is 9.66. The van der Waals surface area contributed by atoms with Crippen molar-refractivity contribution in [3.8, 4) is 0 Å². The fraction of sp³-hybridized carbons (Fsp3) is 1.00. The molecular weight excluding hydrogens is 259 g/mol. The van der Waals surface area contributed by atoms with Crippen LogP contribution in [0.25, 0.3) is 0 Å². The van der Waals surface area contributed by atoms with Crippen LogP contribution in [0.1, 0.15) is 85.0 Å². The Morgan fingerprint density at radius 3 is 2.00 bits per heavy atom. The molecule has 0 nitrogen and oxygen atoms in total. The third kappa shape index (κ3) is 3.11. The van der Waals surface area contributed by atoms with E-state index in [1.54, 1.807) is 43.9 Å². The predicted molar refractivity (Wildman–Crippen MR) is 96.9 cm³/mol. The Kier molecular flexibility index (Phi) is 5.98. The zero-order valence-electron chi connectivity index (χ0n) is 14.5. The third-order valence-electron chi connectivity index (χ3n) is 7.21. The molecule has 0 aromatic rings. The van der Waals surface area contributed by atoms with Crippen LogP contribution in [0.5, 0.6) is 0 Å². The first-order chi connectivity index (χ1) is 9.66. The van der Waals surface area contributed by atoms with Gasteiger partial charge in [0.15, 0.2) is 0 Å². The van der Waals surface area contributed by atoms with Gasteiger partial charge in [-0.1, -0.05) is 0 Å². The number of hydrogen-bond donors (Lipinski definition) is 0. The summed E-state index contributed by atoms with van der Waals surface area (Å²) in [5.41, 5.74) is 1.14. The average Bonchev–Trinajstić information content (AvgIpc) is 2.80. The van der Waals surface area contributed by atoms with Gasteiger partial charge >= 0.3 is 128 Å². The van der Waals surface area contributed by atoms with Gasteiger partial charge in [-0.3, -0.25) is 0 Å². The summed E-state index contributed by atoms with van der Waals surface area (Å²) in [6, 6.07) is 0. The molecule has 2 fully saturated rings. The van der Waals surface area contributed by atoms with Gasteiger partial charge in [-0.15, -0.1) is 0 Å². The SMILES string of the molecule is CCCP1(CC)(C2CCCCCC2C)CCCCCC1. The molecule has 0 aromatic carbocycles. The molecule has 0 bridgehead atoms.